The number of benzene rings is 1. The van der Waals surface area contributed by atoms with E-state index in [4.69, 9.17) is 9.47 Å². The third-order valence-electron chi connectivity index (χ3n) is 5.61. The third kappa shape index (κ3) is 4.93. The van der Waals surface area contributed by atoms with Gasteiger partial charge in [0.1, 0.15) is 11.6 Å². The molecule has 1 aromatic carbocycles. The highest BCUT2D eigenvalue weighted by atomic mass is 32.2. The summed E-state index contributed by atoms with van der Waals surface area (Å²) in [7, 11) is 5.30. The van der Waals surface area contributed by atoms with Gasteiger partial charge in [-0.15, -0.1) is 10.2 Å². The number of methoxy groups -OCH3 is 2. The van der Waals surface area contributed by atoms with Crippen LogP contribution in [0, 0.1) is 0 Å². The summed E-state index contributed by atoms with van der Waals surface area (Å²) in [4.78, 5) is 13.2. The first-order valence-electron chi connectivity index (χ1n) is 10.0. The van der Waals surface area contributed by atoms with E-state index in [0.717, 1.165) is 53.7 Å². The number of thioether (sulfide) groups is 1. The molecule has 1 fully saturated rings. The lowest BCUT2D eigenvalue weighted by molar-refractivity contribution is -0.126. The molecular weight excluding hydrogens is 388 g/mol. The normalized spacial score (nSPS) is 15.4. The molecule has 2 aromatic rings. The van der Waals surface area contributed by atoms with Gasteiger partial charge in [-0.3, -0.25) is 4.79 Å². The minimum absolute atomic E-state index is 0.108. The zero-order valence-electron chi connectivity index (χ0n) is 17.4. The number of nitrogens with zero attached hydrogens (tertiary/aromatic N) is 3. The van der Waals surface area contributed by atoms with Crippen LogP contribution in [0.15, 0.2) is 29.4 Å². The molecule has 0 bridgehead atoms. The average Bonchev–Trinajstić information content (AvgIpc) is 3.37. The maximum Gasteiger partial charge on any atom is 0.230 e. The number of ether oxygens (including phenoxy) is 2. The molecule has 1 amide bonds. The molecular formula is C21H30N4O3S. The van der Waals surface area contributed by atoms with Crippen molar-refractivity contribution in [3.05, 3.63) is 35.7 Å². The van der Waals surface area contributed by atoms with E-state index < -0.39 is 5.41 Å². The fourth-order valence-electron chi connectivity index (χ4n) is 3.90. The fraction of sp³-hybridized carbons (Fsp3) is 0.571. The van der Waals surface area contributed by atoms with Gasteiger partial charge in [0, 0.05) is 32.9 Å². The molecule has 1 aliphatic rings. The molecule has 0 unspecified atom stereocenters. The highest BCUT2D eigenvalue weighted by Gasteiger charge is 2.42. The molecule has 0 saturated heterocycles. The van der Waals surface area contributed by atoms with Gasteiger partial charge < -0.3 is 19.4 Å². The second kappa shape index (κ2) is 10.1. The predicted molar refractivity (Wildman–Crippen MR) is 113 cm³/mol. The van der Waals surface area contributed by atoms with Gasteiger partial charge in [0.2, 0.25) is 5.91 Å². The van der Waals surface area contributed by atoms with Crippen LogP contribution in [-0.2, 0) is 28.4 Å². The maximum atomic E-state index is 13.2. The molecule has 0 aliphatic heterocycles. The Kier molecular flexibility index (Phi) is 7.55. The standard InChI is InChI=1S/C21H30N4O3S/c1-25-18(23-24-20(25)29-15-14-27-2)10-13-22-19(26)21(11-4-5-12-21)16-6-8-17(28-3)9-7-16/h6-9H,4-5,10-15H2,1-3H3,(H,22,26). The lowest BCUT2D eigenvalue weighted by Gasteiger charge is -2.28. The Morgan fingerprint density at radius 2 is 1.93 bits per heavy atom. The molecule has 0 radical (unpaired) electrons. The summed E-state index contributed by atoms with van der Waals surface area (Å²) in [5.74, 6) is 2.62. The summed E-state index contributed by atoms with van der Waals surface area (Å²) >= 11 is 1.62. The zero-order valence-corrected chi connectivity index (χ0v) is 18.3. The molecule has 7 nitrogen and oxygen atoms in total. The van der Waals surface area contributed by atoms with Crippen LogP contribution in [0.1, 0.15) is 37.1 Å². The van der Waals surface area contributed by atoms with E-state index in [0.29, 0.717) is 19.6 Å². The van der Waals surface area contributed by atoms with Crippen molar-refractivity contribution in [1.82, 2.24) is 20.1 Å². The molecule has 1 saturated carbocycles. The number of aromatic nitrogens is 3. The lowest BCUT2D eigenvalue weighted by atomic mass is 9.78. The van der Waals surface area contributed by atoms with E-state index in [9.17, 15) is 4.79 Å². The molecule has 29 heavy (non-hydrogen) atoms. The average molecular weight is 419 g/mol. The van der Waals surface area contributed by atoms with Crippen molar-refractivity contribution in [2.75, 3.05) is 33.1 Å². The van der Waals surface area contributed by atoms with Crippen LogP contribution in [0.5, 0.6) is 5.75 Å². The molecule has 0 spiro atoms. The Balaban J connectivity index is 1.60. The van der Waals surface area contributed by atoms with Crippen LogP contribution in [0.2, 0.25) is 0 Å². The van der Waals surface area contributed by atoms with Gasteiger partial charge in [-0.05, 0) is 30.5 Å². The van der Waals surface area contributed by atoms with E-state index in [-0.39, 0.29) is 5.91 Å². The highest BCUT2D eigenvalue weighted by molar-refractivity contribution is 7.99. The van der Waals surface area contributed by atoms with Crippen LogP contribution < -0.4 is 10.1 Å². The quantitative estimate of drug-likeness (QED) is 0.472. The topological polar surface area (TPSA) is 78.3 Å². The summed E-state index contributed by atoms with van der Waals surface area (Å²) in [6.07, 6.45) is 4.57. The molecule has 3 rings (SSSR count). The first kappa shape index (κ1) is 21.6. The molecule has 158 valence electrons. The lowest BCUT2D eigenvalue weighted by Crippen LogP contribution is -2.43. The number of hydrogen-bond donors (Lipinski definition) is 1. The maximum absolute atomic E-state index is 13.2. The monoisotopic (exact) mass is 418 g/mol. The molecule has 1 heterocycles. The summed E-state index contributed by atoms with van der Waals surface area (Å²) in [5.41, 5.74) is 0.636. The molecule has 0 atom stereocenters. The molecule has 1 aromatic heterocycles. The van der Waals surface area contributed by atoms with Crippen molar-refractivity contribution < 1.29 is 14.3 Å². The van der Waals surface area contributed by atoms with Crippen LogP contribution in [0.25, 0.3) is 0 Å². The first-order chi connectivity index (χ1) is 14.1. The van der Waals surface area contributed by atoms with Crippen molar-refractivity contribution >= 4 is 17.7 Å². The smallest absolute Gasteiger partial charge is 0.230 e. The van der Waals surface area contributed by atoms with Crippen molar-refractivity contribution in [2.24, 2.45) is 7.05 Å². The van der Waals surface area contributed by atoms with Gasteiger partial charge >= 0.3 is 0 Å². The molecule has 8 heteroatoms. The Bertz CT molecular complexity index is 801. The van der Waals surface area contributed by atoms with Gasteiger partial charge in [-0.1, -0.05) is 36.7 Å². The molecule has 1 N–H and O–H groups in total. The van der Waals surface area contributed by atoms with Crippen molar-refractivity contribution in [3.8, 4) is 5.75 Å². The van der Waals surface area contributed by atoms with Crippen LogP contribution in [0.3, 0.4) is 0 Å². The Labute approximate surface area is 176 Å². The summed E-state index contributed by atoms with van der Waals surface area (Å²) in [5, 5.41) is 12.5. The van der Waals surface area contributed by atoms with Gasteiger partial charge in [0.15, 0.2) is 5.16 Å². The van der Waals surface area contributed by atoms with Gasteiger partial charge in [0.05, 0.1) is 19.1 Å². The minimum Gasteiger partial charge on any atom is -0.497 e. The highest BCUT2D eigenvalue weighted by Crippen LogP contribution is 2.41. The second-order valence-corrected chi connectivity index (χ2v) is 8.38. The minimum atomic E-state index is -0.437. The van der Waals surface area contributed by atoms with Crippen LogP contribution in [0.4, 0.5) is 0 Å². The van der Waals surface area contributed by atoms with Crippen LogP contribution in [-0.4, -0.2) is 53.8 Å². The largest absolute Gasteiger partial charge is 0.497 e. The Morgan fingerprint density at radius 1 is 1.21 bits per heavy atom. The molecule has 1 aliphatic carbocycles. The predicted octanol–water partition coefficient (Wildman–Crippen LogP) is 2.73. The number of amides is 1. The van der Waals surface area contributed by atoms with Crippen molar-refractivity contribution in [3.63, 3.8) is 0 Å². The van der Waals surface area contributed by atoms with Crippen LogP contribution >= 0.6 is 11.8 Å². The fourth-order valence-corrected chi connectivity index (χ4v) is 4.73. The summed E-state index contributed by atoms with van der Waals surface area (Å²) in [6, 6.07) is 7.92. The number of carbonyl (C=O) groups is 1. The number of rotatable bonds is 10. The Morgan fingerprint density at radius 3 is 2.59 bits per heavy atom. The third-order valence-corrected chi connectivity index (χ3v) is 6.60. The van der Waals surface area contributed by atoms with Crippen molar-refractivity contribution in [1.29, 1.82) is 0 Å². The number of carbonyl (C=O) groups excluding carboxylic acids is 1. The van der Waals surface area contributed by atoms with Gasteiger partial charge in [0.25, 0.3) is 0 Å². The zero-order chi connectivity index (χ0) is 20.7. The summed E-state index contributed by atoms with van der Waals surface area (Å²) < 4.78 is 12.3. The number of nitrogens with one attached hydrogen (secondary N) is 1. The van der Waals surface area contributed by atoms with Crippen molar-refractivity contribution in [2.45, 2.75) is 42.7 Å². The number of hydrogen-bond acceptors (Lipinski definition) is 6. The van der Waals surface area contributed by atoms with E-state index >= 15 is 0 Å². The van der Waals surface area contributed by atoms with E-state index in [1.807, 2.05) is 35.9 Å². The van der Waals surface area contributed by atoms with E-state index in [2.05, 4.69) is 15.5 Å². The van der Waals surface area contributed by atoms with Gasteiger partial charge in [-0.2, -0.15) is 0 Å². The first-order valence-corrected chi connectivity index (χ1v) is 11.0. The summed E-state index contributed by atoms with van der Waals surface area (Å²) in [6.45, 7) is 1.22. The SMILES string of the molecule is COCCSc1nnc(CCNC(=O)C2(c3ccc(OC)cc3)CCCC2)n1C. The Hall–Kier alpha value is -2.06. The second-order valence-electron chi connectivity index (χ2n) is 7.32. The van der Waals surface area contributed by atoms with E-state index in [1.54, 1.807) is 26.0 Å². The van der Waals surface area contributed by atoms with Gasteiger partial charge in [-0.25, -0.2) is 0 Å². The van der Waals surface area contributed by atoms with E-state index in [1.165, 1.54) is 0 Å².